The summed E-state index contributed by atoms with van der Waals surface area (Å²) < 4.78 is 10.9. The molecular weight excluding hydrogens is 430 g/mol. The lowest BCUT2D eigenvalue weighted by Gasteiger charge is -2.37. The molecule has 1 aliphatic heterocycles. The fourth-order valence-electron chi connectivity index (χ4n) is 4.75. The number of esters is 1. The third-order valence-corrected chi connectivity index (χ3v) is 6.74. The smallest absolute Gasteiger partial charge is 0.337 e. The van der Waals surface area contributed by atoms with Crippen LogP contribution in [0.3, 0.4) is 0 Å². The van der Waals surface area contributed by atoms with Crippen molar-refractivity contribution in [2.24, 2.45) is 0 Å². The maximum Gasteiger partial charge on any atom is 0.337 e. The number of Topliss-reactive ketones (excluding diaryl/α,β-unsaturated/α-hetero) is 1. The summed E-state index contributed by atoms with van der Waals surface area (Å²) >= 11 is 0. The first kappa shape index (κ1) is 23.6. The highest BCUT2D eigenvalue weighted by atomic mass is 16.5. The summed E-state index contributed by atoms with van der Waals surface area (Å²) in [5.74, 6) is -0.0182. The second kappa shape index (κ2) is 9.75. The average Bonchev–Trinajstić information content (AvgIpc) is 2.83. The van der Waals surface area contributed by atoms with Gasteiger partial charge in [0, 0.05) is 29.3 Å². The highest BCUT2D eigenvalue weighted by Crippen LogP contribution is 2.46. The molecule has 0 unspecified atom stereocenters. The van der Waals surface area contributed by atoms with Gasteiger partial charge in [0.1, 0.15) is 11.5 Å². The van der Waals surface area contributed by atoms with Crippen molar-refractivity contribution in [3.05, 3.63) is 82.2 Å². The predicted octanol–water partition coefficient (Wildman–Crippen LogP) is 5.10. The van der Waals surface area contributed by atoms with E-state index < -0.39 is 11.9 Å². The van der Waals surface area contributed by atoms with Crippen molar-refractivity contribution >= 4 is 11.8 Å². The number of ketones is 1. The van der Waals surface area contributed by atoms with Crippen LogP contribution in [0.2, 0.25) is 0 Å². The largest absolute Gasteiger partial charge is 0.508 e. The quantitative estimate of drug-likeness (QED) is 0.582. The summed E-state index contributed by atoms with van der Waals surface area (Å²) in [6.45, 7) is 5.67. The molecule has 2 N–H and O–H groups in total. The number of benzene rings is 2. The molecule has 1 heterocycles. The Morgan fingerprint density at radius 3 is 2.35 bits per heavy atom. The van der Waals surface area contributed by atoms with Crippen LogP contribution < -0.4 is 10.1 Å². The van der Waals surface area contributed by atoms with E-state index in [2.05, 4.69) is 5.32 Å². The lowest BCUT2D eigenvalue weighted by Crippen LogP contribution is -2.36. The highest BCUT2D eigenvalue weighted by Gasteiger charge is 2.41. The number of allylic oxidation sites excluding steroid dienone is 3. The molecule has 2 aromatic rings. The summed E-state index contributed by atoms with van der Waals surface area (Å²) in [4.78, 5) is 26.8. The molecular formula is C28H31NO5. The zero-order valence-electron chi connectivity index (χ0n) is 20.1. The van der Waals surface area contributed by atoms with Crippen molar-refractivity contribution in [1.29, 1.82) is 0 Å². The Morgan fingerprint density at radius 1 is 1.09 bits per heavy atom. The fourth-order valence-corrected chi connectivity index (χ4v) is 4.75. The number of dihydropyridines is 1. The molecule has 0 amide bonds. The Morgan fingerprint density at radius 2 is 1.74 bits per heavy atom. The zero-order valence-corrected chi connectivity index (χ0v) is 20.1. The molecule has 0 bridgehead atoms. The van der Waals surface area contributed by atoms with Crippen molar-refractivity contribution in [2.45, 2.75) is 58.0 Å². The van der Waals surface area contributed by atoms with Crippen molar-refractivity contribution in [2.75, 3.05) is 7.11 Å². The van der Waals surface area contributed by atoms with Gasteiger partial charge in [0.25, 0.3) is 0 Å². The first-order valence-electron chi connectivity index (χ1n) is 11.7. The first-order valence-corrected chi connectivity index (χ1v) is 11.7. The SMILES string of the molecule is CC[C@H](C)OC(=O)C1=C(C)NC2=C(C(=O)C[C@H](c3ccc(OC)cc3)C2)[C@@H]1c1ccc(O)cc1. The van der Waals surface area contributed by atoms with Gasteiger partial charge in [-0.05, 0) is 68.0 Å². The number of carbonyl (C=O) groups is 2. The third-order valence-electron chi connectivity index (χ3n) is 6.74. The minimum atomic E-state index is -0.544. The van der Waals surface area contributed by atoms with E-state index in [4.69, 9.17) is 9.47 Å². The zero-order chi connectivity index (χ0) is 24.4. The number of nitrogens with one attached hydrogen (secondary N) is 1. The normalized spacial score (nSPS) is 21.0. The van der Waals surface area contributed by atoms with Gasteiger partial charge in [0.05, 0.1) is 18.8 Å². The van der Waals surface area contributed by atoms with Gasteiger partial charge < -0.3 is 19.9 Å². The number of phenolic OH excluding ortho intramolecular Hbond substituents is 1. The van der Waals surface area contributed by atoms with Crippen LogP contribution in [0.5, 0.6) is 11.5 Å². The molecule has 2 aromatic carbocycles. The lowest BCUT2D eigenvalue weighted by atomic mass is 9.71. The van der Waals surface area contributed by atoms with Crippen LogP contribution in [0.1, 0.15) is 63.0 Å². The average molecular weight is 462 g/mol. The summed E-state index contributed by atoms with van der Waals surface area (Å²) in [6, 6.07) is 14.5. The first-order chi connectivity index (χ1) is 16.3. The number of methoxy groups -OCH3 is 1. The van der Waals surface area contributed by atoms with Gasteiger partial charge in [-0.25, -0.2) is 4.79 Å². The Balaban J connectivity index is 1.75. The number of hydrogen-bond acceptors (Lipinski definition) is 6. The van der Waals surface area contributed by atoms with Crippen LogP contribution in [0.15, 0.2) is 71.1 Å². The topological polar surface area (TPSA) is 84.9 Å². The second-order valence-electron chi connectivity index (χ2n) is 9.01. The van der Waals surface area contributed by atoms with Gasteiger partial charge in [0.2, 0.25) is 0 Å². The molecule has 0 radical (unpaired) electrons. The van der Waals surface area contributed by atoms with Gasteiger partial charge in [-0.1, -0.05) is 31.2 Å². The summed E-state index contributed by atoms with van der Waals surface area (Å²) in [5, 5.41) is 13.2. The van der Waals surface area contributed by atoms with E-state index >= 15 is 0 Å². The van der Waals surface area contributed by atoms with Crippen LogP contribution in [-0.2, 0) is 14.3 Å². The van der Waals surface area contributed by atoms with Crippen LogP contribution in [-0.4, -0.2) is 30.1 Å². The number of rotatable bonds is 6. The molecule has 6 nitrogen and oxygen atoms in total. The molecule has 0 fully saturated rings. The van der Waals surface area contributed by atoms with Gasteiger partial charge >= 0.3 is 5.97 Å². The van der Waals surface area contributed by atoms with Crippen LogP contribution >= 0.6 is 0 Å². The van der Waals surface area contributed by atoms with Crippen molar-refractivity contribution < 1.29 is 24.2 Å². The summed E-state index contributed by atoms with van der Waals surface area (Å²) in [7, 11) is 1.63. The Kier molecular flexibility index (Phi) is 6.77. The maximum absolute atomic E-state index is 13.6. The summed E-state index contributed by atoms with van der Waals surface area (Å²) in [6.07, 6.45) is 1.48. The molecule has 3 atom stereocenters. The molecule has 0 spiro atoms. The Bertz CT molecular complexity index is 1140. The molecule has 178 valence electrons. The monoisotopic (exact) mass is 461 g/mol. The van der Waals surface area contributed by atoms with E-state index in [9.17, 15) is 14.7 Å². The number of ether oxygens (including phenoxy) is 2. The summed E-state index contributed by atoms with van der Waals surface area (Å²) in [5.41, 5.74) is 4.44. The van der Waals surface area contributed by atoms with Gasteiger partial charge in [-0.15, -0.1) is 0 Å². The van der Waals surface area contributed by atoms with Gasteiger partial charge in [-0.3, -0.25) is 4.79 Å². The fraction of sp³-hybridized carbons (Fsp3) is 0.357. The van der Waals surface area contributed by atoms with Crippen LogP contribution in [0, 0.1) is 0 Å². The number of phenols is 1. The highest BCUT2D eigenvalue weighted by molar-refractivity contribution is 6.04. The number of aromatic hydroxyl groups is 1. The second-order valence-corrected chi connectivity index (χ2v) is 9.01. The molecule has 0 saturated heterocycles. The van der Waals surface area contributed by atoms with Gasteiger partial charge in [0.15, 0.2) is 5.78 Å². The van der Waals surface area contributed by atoms with Crippen molar-refractivity contribution in [1.82, 2.24) is 5.32 Å². The van der Waals surface area contributed by atoms with E-state index in [0.29, 0.717) is 36.1 Å². The van der Waals surface area contributed by atoms with E-state index in [0.717, 1.165) is 22.6 Å². The predicted molar refractivity (Wildman–Crippen MR) is 130 cm³/mol. The number of hydrogen-bond donors (Lipinski definition) is 2. The molecule has 1 aliphatic carbocycles. The number of carbonyl (C=O) groups excluding carboxylic acids is 2. The maximum atomic E-state index is 13.6. The minimum absolute atomic E-state index is 0.00832. The van der Waals surface area contributed by atoms with Gasteiger partial charge in [-0.2, -0.15) is 0 Å². The van der Waals surface area contributed by atoms with Crippen molar-refractivity contribution in [3.63, 3.8) is 0 Å². The Labute approximate surface area is 200 Å². The minimum Gasteiger partial charge on any atom is -0.508 e. The molecule has 0 saturated carbocycles. The van der Waals surface area contributed by atoms with E-state index in [1.54, 1.807) is 31.4 Å². The van der Waals surface area contributed by atoms with Crippen LogP contribution in [0.25, 0.3) is 0 Å². The Hall–Kier alpha value is -3.54. The molecule has 34 heavy (non-hydrogen) atoms. The van der Waals surface area contributed by atoms with E-state index in [1.807, 2.05) is 45.0 Å². The van der Waals surface area contributed by atoms with E-state index in [1.165, 1.54) is 0 Å². The van der Waals surface area contributed by atoms with Crippen molar-refractivity contribution in [3.8, 4) is 11.5 Å². The molecule has 2 aliphatic rings. The standard InChI is InChI=1S/C28H31NO5/c1-5-16(2)34-28(32)25-17(3)29-23-14-20(18-8-12-22(33-4)13-9-18)15-24(31)27(23)26(25)19-6-10-21(30)11-7-19/h6-13,16,20,26,29-30H,5,14-15H2,1-4H3/t16-,20+,26+/m0/s1. The third kappa shape index (κ3) is 4.58. The molecule has 0 aromatic heterocycles. The molecule has 4 rings (SSSR count). The molecule has 6 heteroatoms. The lowest BCUT2D eigenvalue weighted by molar-refractivity contribution is -0.144. The van der Waals surface area contributed by atoms with Crippen LogP contribution in [0.4, 0.5) is 0 Å². The van der Waals surface area contributed by atoms with E-state index in [-0.39, 0.29) is 23.6 Å².